The molecule has 1 N–H and O–H groups in total. The van der Waals surface area contributed by atoms with Crippen molar-refractivity contribution in [3.8, 4) is 0 Å². The highest BCUT2D eigenvalue weighted by molar-refractivity contribution is 7.89. The normalized spacial score (nSPS) is 16.2. The van der Waals surface area contributed by atoms with Gasteiger partial charge in [0.15, 0.2) is 6.61 Å². The maximum atomic E-state index is 12.4. The molecule has 0 unspecified atom stereocenters. The molecule has 1 aliphatic heterocycles. The summed E-state index contributed by atoms with van der Waals surface area (Å²) in [6.45, 7) is 1.74. The summed E-state index contributed by atoms with van der Waals surface area (Å²) in [6.07, 6.45) is 0.919. The van der Waals surface area contributed by atoms with E-state index in [0.717, 1.165) is 22.0 Å². The average Bonchev–Trinajstić information content (AvgIpc) is 3.19. The van der Waals surface area contributed by atoms with Gasteiger partial charge in [-0.2, -0.15) is 0 Å². The Labute approximate surface area is 193 Å². The molecule has 2 aromatic carbocycles. The molecule has 1 atom stereocenters. The fourth-order valence-corrected chi connectivity index (χ4v) is 4.30. The van der Waals surface area contributed by atoms with E-state index in [1.54, 1.807) is 4.90 Å². The van der Waals surface area contributed by atoms with E-state index in [4.69, 9.17) is 4.74 Å². The second-order valence-electron chi connectivity index (χ2n) is 7.89. The Morgan fingerprint density at radius 1 is 1.09 bits per heavy atom. The van der Waals surface area contributed by atoms with E-state index < -0.39 is 34.4 Å². The lowest BCUT2D eigenvalue weighted by atomic mass is 10.1. The number of hydrogen-bond donors (Lipinski definition) is 1. The van der Waals surface area contributed by atoms with Gasteiger partial charge in [0.2, 0.25) is 15.9 Å². The molecule has 0 bridgehead atoms. The van der Waals surface area contributed by atoms with E-state index in [0.29, 0.717) is 5.69 Å². The number of ether oxygens (including phenoxy) is 1. The summed E-state index contributed by atoms with van der Waals surface area (Å²) in [5.74, 6) is -1.99. The number of esters is 1. The number of nitrogens with one attached hydrogen (secondary N) is 1. The molecule has 1 aliphatic rings. The minimum atomic E-state index is -3.57. The lowest BCUT2D eigenvalue weighted by Gasteiger charge is -2.17. The average molecular weight is 474 g/mol. The molecule has 1 heterocycles. The topological polar surface area (TPSA) is 113 Å². The molecule has 10 heteroatoms. The number of sulfonamides is 1. The maximum absolute atomic E-state index is 12.4. The van der Waals surface area contributed by atoms with Crippen LogP contribution in [0.4, 0.5) is 11.4 Å². The fourth-order valence-electron chi connectivity index (χ4n) is 3.40. The minimum Gasteiger partial charge on any atom is -0.455 e. The highest BCUT2D eigenvalue weighted by Gasteiger charge is 2.36. The van der Waals surface area contributed by atoms with Crippen LogP contribution in [0, 0.1) is 5.92 Å². The predicted molar refractivity (Wildman–Crippen MR) is 123 cm³/mol. The van der Waals surface area contributed by atoms with Gasteiger partial charge in [0.05, 0.1) is 10.8 Å². The lowest BCUT2D eigenvalue weighted by Crippen LogP contribution is -2.28. The SMILES string of the molecule is CCc1ccc(N2C[C@H](C(=O)OCC(=O)Nc3ccc(S(=O)(=O)N(C)C)cc3)CC2=O)cc1. The third kappa shape index (κ3) is 5.77. The standard InChI is InChI=1S/C23H27N3O6S/c1-4-16-5-9-19(10-6-16)26-14-17(13-22(26)28)23(29)32-15-21(27)24-18-7-11-20(12-8-18)33(30,31)25(2)3/h5-12,17H,4,13-15H2,1-3H3,(H,24,27)/t17-/m1/s1. The second-order valence-corrected chi connectivity index (χ2v) is 10.0. The number of carbonyl (C=O) groups excluding carboxylic acids is 3. The third-order valence-electron chi connectivity index (χ3n) is 5.38. The van der Waals surface area contributed by atoms with Crippen LogP contribution in [0.5, 0.6) is 0 Å². The maximum Gasteiger partial charge on any atom is 0.311 e. The van der Waals surface area contributed by atoms with Crippen molar-refractivity contribution in [2.75, 3.05) is 37.5 Å². The van der Waals surface area contributed by atoms with E-state index >= 15 is 0 Å². The van der Waals surface area contributed by atoms with Crippen molar-refractivity contribution < 1.29 is 27.5 Å². The van der Waals surface area contributed by atoms with E-state index in [-0.39, 0.29) is 23.8 Å². The van der Waals surface area contributed by atoms with Gasteiger partial charge in [-0.1, -0.05) is 19.1 Å². The lowest BCUT2D eigenvalue weighted by molar-refractivity contribution is -0.151. The molecule has 9 nitrogen and oxygen atoms in total. The van der Waals surface area contributed by atoms with Crippen LogP contribution in [-0.2, 0) is 35.6 Å². The van der Waals surface area contributed by atoms with Gasteiger partial charge in [0.25, 0.3) is 5.91 Å². The largest absolute Gasteiger partial charge is 0.455 e. The van der Waals surface area contributed by atoms with Gasteiger partial charge in [0, 0.05) is 38.4 Å². The summed E-state index contributed by atoms with van der Waals surface area (Å²) in [4.78, 5) is 38.5. The van der Waals surface area contributed by atoms with Gasteiger partial charge in [-0.25, -0.2) is 12.7 Å². The Morgan fingerprint density at radius 2 is 1.73 bits per heavy atom. The van der Waals surface area contributed by atoms with Crippen molar-refractivity contribution in [2.24, 2.45) is 5.92 Å². The smallest absolute Gasteiger partial charge is 0.311 e. The van der Waals surface area contributed by atoms with Crippen molar-refractivity contribution in [1.82, 2.24) is 4.31 Å². The van der Waals surface area contributed by atoms with Crippen LogP contribution in [0.3, 0.4) is 0 Å². The molecular weight excluding hydrogens is 446 g/mol. The number of hydrogen-bond acceptors (Lipinski definition) is 6. The monoisotopic (exact) mass is 473 g/mol. The van der Waals surface area contributed by atoms with Crippen molar-refractivity contribution in [3.63, 3.8) is 0 Å². The molecule has 0 spiro atoms. The number of amides is 2. The summed E-state index contributed by atoms with van der Waals surface area (Å²) in [5, 5.41) is 2.55. The Balaban J connectivity index is 1.51. The van der Waals surface area contributed by atoms with Gasteiger partial charge in [0.1, 0.15) is 0 Å². The Bertz CT molecular complexity index is 1130. The van der Waals surface area contributed by atoms with Crippen molar-refractivity contribution >= 4 is 39.2 Å². The number of nitrogens with zero attached hydrogens (tertiary/aromatic N) is 2. The first kappa shape index (κ1) is 24.4. The number of aryl methyl sites for hydroxylation is 1. The molecule has 0 aromatic heterocycles. The zero-order valence-corrected chi connectivity index (χ0v) is 19.6. The number of rotatable bonds is 8. The molecule has 33 heavy (non-hydrogen) atoms. The molecule has 0 aliphatic carbocycles. The van der Waals surface area contributed by atoms with Crippen LogP contribution in [0.1, 0.15) is 18.9 Å². The minimum absolute atomic E-state index is 0.0256. The Hall–Kier alpha value is -3.24. The number of benzene rings is 2. The van der Waals surface area contributed by atoms with Gasteiger partial charge >= 0.3 is 5.97 Å². The van der Waals surface area contributed by atoms with Gasteiger partial charge in [-0.3, -0.25) is 14.4 Å². The second kappa shape index (κ2) is 10.1. The number of anilines is 2. The van der Waals surface area contributed by atoms with Crippen molar-refractivity contribution in [1.29, 1.82) is 0 Å². The predicted octanol–water partition coefficient (Wildman–Crippen LogP) is 2.03. The first-order valence-corrected chi connectivity index (χ1v) is 11.9. The zero-order valence-electron chi connectivity index (χ0n) is 18.8. The van der Waals surface area contributed by atoms with Crippen molar-refractivity contribution in [2.45, 2.75) is 24.7 Å². The van der Waals surface area contributed by atoms with Crippen LogP contribution in [0.15, 0.2) is 53.4 Å². The van der Waals surface area contributed by atoms with E-state index in [2.05, 4.69) is 5.32 Å². The van der Waals surface area contributed by atoms with E-state index in [1.807, 2.05) is 31.2 Å². The summed E-state index contributed by atoms with van der Waals surface area (Å²) < 4.78 is 30.4. The highest BCUT2D eigenvalue weighted by Crippen LogP contribution is 2.26. The van der Waals surface area contributed by atoms with Crippen LogP contribution in [-0.4, -0.2) is 57.8 Å². The highest BCUT2D eigenvalue weighted by atomic mass is 32.2. The molecular formula is C23H27N3O6S. The molecule has 3 rings (SSSR count). The van der Waals surface area contributed by atoms with Gasteiger partial charge in [-0.15, -0.1) is 0 Å². The van der Waals surface area contributed by atoms with Crippen LogP contribution < -0.4 is 10.2 Å². The van der Waals surface area contributed by atoms with Crippen molar-refractivity contribution in [3.05, 3.63) is 54.1 Å². The summed E-state index contributed by atoms with van der Waals surface area (Å²) in [6, 6.07) is 13.3. The van der Waals surface area contributed by atoms with Crippen LogP contribution in [0.2, 0.25) is 0 Å². The Morgan fingerprint density at radius 3 is 2.30 bits per heavy atom. The molecule has 1 fully saturated rings. The fraction of sp³-hybridized carbons (Fsp3) is 0.348. The summed E-state index contributed by atoms with van der Waals surface area (Å²) in [7, 11) is -0.708. The molecule has 0 radical (unpaired) electrons. The molecule has 0 saturated carbocycles. The zero-order chi connectivity index (χ0) is 24.2. The van der Waals surface area contributed by atoms with Gasteiger partial charge < -0.3 is 15.0 Å². The van der Waals surface area contributed by atoms with Crippen LogP contribution >= 0.6 is 0 Å². The molecule has 176 valence electrons. The first-order chi connectivity index (χ1) is 15.6. The quantitative estimate of drug-likeness (QED) is 0.587. The Kier molecular flexibility index (Phi) is 7.50. The third-order valence-corrected chi connectivity index (χ3v) is 7.21. The van der Waals surface area contributed by atoms with E-state index in [1.165, 1.54) is 38.4 Å². The summed E-state index contributed by atoms with van der Waals surface area (Å²) >= 11 is 0. The van der Waals surface area contributed by atoms with E-state index in [9.17, 15) is 22.8 Å². The van der Waals surface area contributed by atoms with Crippen LogP contribution in [0.25, 0.3) is 0 Å². The molecule has 2 aromatic rings. The number of carbonyl (C=O) groups is 3. The molecule has 1 saturated heterocycles. The first-order valence-electron chi connectivity index (χ1n) is 10.5. The van der Waals surface area contributed by atoms with Gasteiger partial charge in [-0.05, 0) is 48.4 Å². The summed E-state index contributed by atoms with van der Waals surface area (Å²) in [5.41, 5.74) is 2.25. The molecule has 2 amide bonds.